The molecule has 0 atom stereocenters. The molecule has 1 amide bonds. The molecular formula is C16H16BrFN2O. The lowest BCUT2D eigenvalue weighted by Crippen LogP contribution is -2.09. The average Bonchev–Trinajstić information content (AvgIpc) is 2.46. The molecule has 2 aromatic carbocycles. The monoisotopic (exact) mass is 350 g/mol. The van der Waals surface area contributed by atoms with Crippen LogP contribution in [0.1, 0.15) is 18.9 Å². The van der Waals surface area contributed by atoms with E-state index in [-0.39, 0.29) is 11.7 Å². The summed E-state index contributed by atoms with van der Waals surface area (Å²) < 4.78 is 13.8. The number of rotatable bonds is 5. The number of benzene rings is 2. The van der Waals surface area contributed by atoms with Gasteiger partial charge in [-0.25, -0.2) is 4.39 Å². The topological polar surface area (TPSA) is 41.1 Å². The van der Waals surface area contributed by atoms with Gasteiger partial charge in [0, 0.05) is 28.8 Å². The van der Waals surface area contributed by atoms with Crippen molar-refractivity contribution in [2.45, 2.75) is 19.9 Å². The first kappa shape index (κ1) is 15.5. The standard InChI is InChI=1S/C16H16BrFN2O/c1-2-16(21)20-14-5-3-4-13(9-14)19-10-11-6-7-12(18)8-15(11)17/h3-9,19H,2,10H2,1H3,(H,20,21). The van der Waals surface area contributed by atoms with Crippen LogP contribution in [0.25, 0.3) is 0 Å². The molecule has 5 heteroatoms. The van der Waals surface area contributed by atoms with Crippen LogP contribution in [0.15, 0.2) is 46.9 Å². The van der Waals surface area contributed by atoms with Crippen molar-refractivity contribution in [3.05, 3.63) is 58.3 Å². The van der Waals surface area contributed by atoms with Crippen LogP contribution in [0.3, 0.4) is 0 Å². The van der Waals surface area contributed by atoms with Gasteiger partial charge in [0.1, 0.15) is 5.82 Å². The van der Waals surface area contributed by atoms with Crippen molar-refractivity contribution >= 4 is 33.2 Å². The lowest BCUT2D eigenvalue weighted by Gasteiger charge is -2.10. The van der Waals surface area contributed by atoms with Gasteiger partial charge in [0.15, 0.2) is 0 Å². The second-order valence-corrected chi connectivity index (χ2v) is 5.43. The SMILES string of the molecule is CCC(=O)Nc1cccc(NCc2ccc(F)cc2Br)c1. The molecule has 0 aliphatic rings. The molecule has 0 aliphatic heterocycles. The molecule has 0 fully saturated rings. The minimum absolute atomic E-state index is 0.0200. The molecular weight excluding hydrogens is 335 g/mol. The van der Waals surface area contributed by atoms with E-state index in [0.717, 1.165) is 21.4 Å². The van der Waals surface area contributed by atoms with Crippen molar-refractivity contribution in [3.8, 4) is 0 Å². The number of nitrogens with one attached hydrogen (secondary N) is 2. The van der Waals surface area contributed by atoms with Gasteiger partial charge in [0.2, 0.25) is 5.91 Å². The van der Waals surface area contributed by atoms with E-state index >= 15 is 0 Å². The van der Waals surface area contributed by atoms with Crippen LogP contribution in [0.4, 0.5) is 15.8 Å². The van der Waals surface area contributed by atoms with Gasteiger partial charge < -0.3 is 10.6 Å². The molecule has 0 saturated heterocycles. The summed E-state index contributed by atoms with van der Waals surface area (Å²) in [6.45, 7) is 2.37. The van der Waals surface area contributed by atoms with Crippen LogP contribution in [0, 0.1) is 5.82 Å². The minimum atomic E-state index is -0.269. The zero-order valence-corrected chi connectivity index (χ0v) is 13.2. The van der Waals surface area contributed by atoms with Crippen LogP contribution < -0.4 is 10.6 Å². The quantitative estimate of drug-likeness (QED) is 0.830. The van der Waals surface area contributed by atoms with Crippen molar-refractivity contribution in [1.29, 1.82) is 0 Å². The highest BCUT2D eigenvalue weighted by Gasteiger charge is 2.03. The van der Waals surface area contributed by atoms with Crippen LogP contribution >= 0.6 is 15.9 Å². The maximum atomic E-state index is 13.0. The molecule has 0 heterocycles. The summed E-state index contributed by atoms with van der Waals surface area (Å²) >= 11 is 3.34. The molecule has 2 N–H and O–H groups in total. The van der Waals surface area contributed by atoms with Gasteiger partial charge in [-0.15, -0.1) is 0 Å². The lowest BCUT2D eigenvalue weighted by molar-refractivity contribution is -0.115. The maximum absolute atomic E-state index is 13.0. The summed E-state index contributed by atoms with van der Waals surface area (Å²) in [4.78, 5) is 11.4. The molecule has 0 aliphatic carbocycles. The number of amides is 1. The van der Waals surface area contributed by atoms with E-state index in [1.54, 1.807) is 6.07 Å². The summed E-state index contributed by atoms with van der Waals surface area (Å²) in [7, 11) is 0. The number of halogens is 2. The predicted octanol–water partition coefficient (Wildman–Crippen LogP) is 4.55. The lowest BCUT2D eigenvalue weighted by atomic mass is 10.2. The van der Waals surface area contributed by atoms with Gasteiger partial charge >= 0.3 is 0 Å². The molecule has 0 bridgehead atoms. The van der Waals surface area contributed by atoms with E-state index in [2.05, 4.69) is 26.6 Å². The molecule has 21 heavy (non-hydrogen) atoms. The summed E-state index contributed by atoms with van der Waals surface area (Å²) in [5, 5.41) is 6.06. The first-order valence-electron chi connectivity index (χ1n) is 6.66. The average molecular weight is 351 g/mol. The van der Waals surface area contributed by atoms with Gasteiger partial charge in [-0.2, -0.15) is 0 Å². The summed E-state index contributed by atoms with van der Waals surface area (Å²) in [6.07, 6.45) is 0.445. The van der Waals surface area contributed by atoms with Gasteiger partial charge in [-0.1, -0.05) is 35.0 Å². The zero-order valence-electron chi connectivity index (χ0n) is 11.6. The molecule has 2 aromatic rings. The number of anilines is 2. The summed E-state index contributed by atoms with van der Waals surface area (Å²) in [5.41, 5.74) is 2.60. The predicted molar refractivity (Wildman–Crippen MR) is 86.8 cm³/mol. The molecule has 3 nitrogen and oxygen atoms in total. The third kappa shape index (κ3) is 4.56. The number of hydrogen-bond donors (Lipinski definition) is 2. The Bertz CT molecular complexity index is 646. The van der Waals surface area contributed by atoms with E-state index in [4.69, 9.17) is 0 Å². The summed E-state index contributed by atoms with van der Waals surface area (Å²) in [6, 6.07) is 12.1. The van der Waals surface area contributed by atoms with Gasteiger partial charge in [0.05, 0.1) is 0 Å². The maximum Gasteiger partial charge on any atom is 0.224 e. The van der Waals surface area contributed by atoms with Gasteiger partial charge in [-0.05, 0) is 35.9 Å². The largest absolute Gasteiger partial charge is 0.381 e. The van der Waals surface area contributed by atoms with Crippen molar-refractivity contribution in [2.75, 3.05) is 10.6 Å². The highest BCUT2D eigenvalue weighted by Crippen LogP contribution is 2.21. The van der Waals surface area contributed by atoms with Gasteiger partial charge in [-0.3, -0.25) is 4.79 Å². The fraction of sp³-hybridized carbons (Fsp3) is 0.188. The first-order chi connectivity index (χ1) is 10.1. The van der Waals surface area contributed by atoms with Crippen molar-refractivity contribution in [1.82, 2.24) is 0 Å². The Balaban J connectivity index is 2.03. The third-order valence-corrected chi connectivity index (χ3v) is 3.70. The van der Waals surface area contributed by atoms with Crippen LogP contribution in [0.2, 0.25) is 0 Å². The van der Waals surface area contributed by atoms with E-state index in [1.807, 2.05) is 31.2 Å². The number of carbonyl (C=O) groups is 1. The van der Waals surface area contributed by atoms with E-state index in [1.165, 1.54) is 12.1 Å². The van der Waals surface area contributed by atoms with E-state index < -0.39 is 0 Å². The number of carbonyl (C=O) groups excluding carboxylic acids is 1. The van der Waals surface area contributed by atoms with E-state index in [9.17, 15) is 9.18 Å². The van der Waals surface area contributed by atoms with E-state index in [0.29, 0.717) is 13.0 Å². The molecule has 2 rings (SSSR count). The Hall–Kier alpha value is -1.88. The van der Waals surface area contributed by atoms with Crippen LogP contribution in [-0.4, -0.2) is 5.91 Å². The fourth-order valence-corrected chi connectivity index (χ4v) is 2.31. The molecule has 0 radical (unpaired) electrons. The Labute approximate surface area is 131 Å². The van der Waals surface area contributed by atoms with Crippen LogP contribution in [-0.2, 0) is 11.3 Å². The number of hydrogen-bond acceptors (Lipinski definition) is 2. The first-order valence-corrected chi connectivity index (χ1v) is 7.45. The molecule has 110 valence electrons. The molecule has 0 spiro atoms. The van der Waals surface area contributed by atoms with Gasteiger partial charge in [0.25, 0.3) is 0 Å². The second-order valence-electron chi connectivity index (χ2n) is 4.57. The van der Waals surface area contributed by atoms with Crippen molar-refractivity contribution in [3.63, 3.8) is 0 Å². The zero-order chi connectivity index (χ0) is 15.2. The Kier molecular flexibility index (Phi) is 5.33. The summed E-state index contributed by atoms with van der Waals surface area (Å²) in [5.74, 6) is -0.289. The molecule has 0 unspecified atom stereocenters. The Morgan fingerprint density at radius 3 is 2.67 bits per heavy atom. The Morgan fingerprint density at radius 1 is 1.19 bits per heavy atom. The molecule has 0 aromatic heterocycles. The van der Waals surface area contributed by atoms with Crippen molar-refractivity contribution < 1.29 is 9.18 Å². The highest BCUT2D eigenvalue weighted by atomic mass is 79.9. The normalized spacial score (nSPS) is 10.2. The fourth-order valence-electron chi connectivity index (χ4n) is 1.82. The second kappa shape index (κ2) is 7.22. The Morgan fingerprint density at radius 2 is 1.95 bits per heavy atom. The third-order valence-electron chi connectivity index (χ3n) is 2.97. The molecule has 0 saturated carbocycles. The van der Waals surface area contributed by atoms with Crippen molar-refractivity contribution in [2.24, 2.45) is 0 Å². The highest BCUT2D eigenvalue weighted by molar-refractivity contribution is 9.10. The minimum Gasteiger partial charge on any atom is -0.381 e. The van der Waals surface area contributed by atoms with Crippen LogP contribution in [0.5, 0.6) is 0 Å². The smallest absolute Gasteiger partial charge is 0.224 e.